The molecule has 2 N–H and O–H groups in total. The Kier molecular flexibility index (Phi) is 3.65. The van der Waals surface area contributed by atoms with E-state index in [9.17, 15) is 8.42 Å². The van der Waals surface area contributed by atoms with Gasteiger partial charge < -0.3 is 5.73 Å². The molecule has 3 rings (SSSR count). The molecule has 2 aromatic rings. The number of aromatic nitrogens is 1. The van der Waals surface area contributed by atoms with E-state index in [1.54, 1.807) is 4.31 Å². The van der Waals surface area contributed by atoms with Crippen LogP contribution >= 0.6 is 0 Å². The zero-order valence-electron chi connectivity index (χ0n) is 11.5. The van der Waals surface area contributed by atoms with Gasteiger partial charge in [-0.2, -0.15) is 4.31 Å². The molecular formula is C15H17N3O2S. The summed E-state index contributed by atoms with van der Waals surface area (Å²) in [7, 11) is -3.54. The van der Waals surface area contributed by atoms with Crippen LogP contribution in [0.4, 0.5) is 5.82 Å². The molecular weight excluding hydrogens is 286 g/mol. The SMILES string of the molecule is Nc1ccc(S(=O)(=O)N(Cc2ccccc2)C2CC2)cn1. The molecule has 1 fully saturated rings. The summed E-state index contributed by atoms with van der Waals surface area (Å²) in [4.78, 5) is 4.08. The lowest BCUT2D eigenvalue weighted by molar-refractivity contribution is 0.398. The third kappa shape index (κ3) is 3.06. The minimum absolute atomic E-state index is 0.0905. The molecule has 0 bridgehead atoms. The molecule has 0 aliphatic heterocycles. The summed E-state index contributed by atoms with van der Waals surface area (Å²) in [5.41, 5.74) is 6.50. The quantitative estimate of drug-likeness (QED) is 0.916. The molecule has 5 nitrogen and oxygen atoms in total. The normalized spacial score (nSPS) is 15.3. The summed E-state index contributed by atoms with van der Waals surface area (Å²) in [6.45, 7) is 0.387. The van der Waals surface area contributed by atoms with Gasteiger partial charge in [-0.1, -0.05) is 30.3 Å². The Morgan fingerprint density at radius 3 is 2.43 bits per heavy atom. The first kappa shape index (κ1) is 14.0. The maximum Gasteiger partial charge on any atom is 0.245 e. The van der Waals surface area contributed by atoms with Gasteiger partial charge >= 0.3 is 0 Å². The molecule has 1 saturated carbocycles. The third-order valence-corrected chi connectivity index (χ3v) is 5.38. The number of pyridine rings is 1. The van der Waals surface area contributed by atoms with E-state index in [1.807, 2.05) is 30.3 Å². The molecule has 1 aliphatic carbocycles. The predicted octanol–water partition coefficient (Wildman–Crippen LogP) is 2.02. The average Bonchev–Trinajstić information content (AvgIpc) is 3.31. The van der Waals surface area contributed by atoms with Gasteiger partial charge in [-0.15, -0.1) is 0 Å². The van der Waals surface area contributed by atoms with Crippen LogP contribution in [-0.2, 0) is 16.6 Å². The van der Waals surface area contributed by atoms with Crippen LogP contribution in [0.3, 0.4) is 0 Å². The predicted molar refractivity (Wildman–Crippen MR) is 80.8 cm³/mol. The van der Waals surface area contributed by atoms with Crippen LogP contribution in [0, 0.1) is 0 Å². The van der Waals surface area contributed by atoms with Crippen LogP contribution in [0.1, 0.15) is 18.4 Å². The second kappa shape index (κ2) is 5.46. The Balaban J connectivity index is 1.91. The Bertz CT molecular complexity index is 710. The third-order valence-electron chi connectivity index (χ3n) is 3.50. The molecule has 0 radical (unpaired) electrons. The second-order valence-electron chi connectivity index (χ2n) is 5.19. The van der Waals surface area contributed by atoms with Crippen LogP contribution in [0.15, 0.2) is 53.6 Å². The first-order chi connectivity index (χ1) is 10.1. The number of nitrogens with two attached hydrogens (primary N) is 1. The van der Waals surface area contributed by atoms with Crippen LogP contribution in [0.5, 0.6) is 0 Å². The summed E-state index contributed by atoms with van der Waals surface area (Å²) in [5.74, 6) is 0.315. The number of sulfonamides is 1. The van der Waals surface area contributed by atoms with Gasteiger partial charge in [-0.25, -0.2) is 13.4 Å². The molecule has 1 heterocycles. The molecule has 21 heavy (non-hydrogen) atoms. The van der Waals surface area contributed by atoms with Crippen LogP contribution < -0.4 is 5.73 Å². The van der Waals surface area contributed by atoms with Crippen molar-refractivity contribution in [3.05, 3.63) is 54.2 Å². The van der Waals surface area contributed by atoms with E-state index in [4.69, 9.17) is 5.73 Å². The second-order valence-corrected chi connectivity index (χ2v) is 7.08. The minimum Gasteiger partial charge on any atom is -0.384 e. The molecule has 0 amide bonds. The van der Waals surface area contributed by atoms with Crippen molar-refractivity contribution >= 4 is 15.8 Å². The highest BCUT2D eigenvalue weighted by Crippen LogP contribution is 2.33. The molecule has 110 valence electrons. The Labute approximate surface area is 124 Å². The Hall–Kier alpha value is -1.92. The van der Waals surface area contributed by atoms with Gasteiger partial charge in [0.05, 0.1) is 0 Å². The highest BCUT2D eigenvalue weighted by atomic mass is 32.2. The summed E-state index contributed by atoms with van der Waals surface area (Å²) in [6.07, 6.45) is 3.15. The maximum absolute atomic E-state index is 12.8. The van der Waals surface area contributed by atoms with Crippen molar-refractivity contribution in [1.82, 2.24) is 9.29 Å². The number of anilines is 1. The summed E-state index contributed by atoms with van der Waals surface area (Å²) < 4.78 is 27.1. The smallest absolute Gasteiger partial charge is 0.245 e. The lowest BCUT2D eigenvalue weighted by Crippen LogP contribution is -2.32. The fourth-order valence-corrected chi connectivity index (χ4v) is 3.83. The fraction of sp³-hybridized carbons (Fsp3) is 0.267. The molecule has 1 aromatic heterocycles. The standard InChI is InChI=1S/C15H17N3O2S/c16-15-9-8-14(10-17-15)21(19,20)18(13-6-7-13)11-12-4-2-1-3-5-12/h1-5,8-10,13H,6-7,11H2,(H2,16,17). The van der Waals surface area contributed by atoms with E-state index >= 15 is 0 Å². The van der Waals surface area contributed by atoms with Gasteiger partial charge in [0, 0.05) is 18.8 Å². The minimum atomic E-state index is -3.54. The van der Waals surface area contributed by atoms with Crippen LogP contribution in [-0.4, -0.2) is 23.7 Å². The monoisotopic (exact) mass is 303 g/mol. The highest BCUT2D eigenvalue weighted by Gasteiger charge is 2.38. The van der Waals surface area contributed by atoms with E-state index < -0.39 is 10.0 Å². The first-order valence-corrected chi connectivity index (χ1v) is 8.29. The van der Waals surface area contributed by atoms with Crippen molar-refractivity contribution in [3.63, 3.8) is 0 Å². The average molecular weight is 303 g/mol. The molecule has 1 aliphatic rings. The zero-order chi connectivity index (χ0) is 14.9. The van der Waals surface area contributed by atoms with Crippen molar-refractivity contribution < 1.29 is 8.42 Å². The van der Waals surface area contributed by atoms with E-state index in [-0.39, 0.29) is 10.9 Å². The number of nitrogen functional groups attached to an aromatic ring is 1. The van der Waals surface area contributed by atoms with Gasteiger partial charge in [-0.05, 0) is 30.5 Å². The van der Waals surface area contributed by atoms with Gasteiger partial charge in [0.15, 0.2) is 0 Å². The van der Waals surface area contributed by atoms with Crippen molar-refractivity contribution in [1.29, 1.82) is 0 Å². The topological polar surface area (TPSA) is 76.3 Å². The molecule has 0 atom stereocenters. The molecule has 6 heteroatoms. The molecule has 0 spiro atoms. The summed E-state index contributed by atoms with van der Waals surface area (Å²) >= 11 is 0. The number of benzene rings is 1. The van der Waals surface area contributed by atoms with Crippen LogP contribution in [0.25, 0.3) is 0 Å². The highest BCUT2D eigenvalue weighted by molar-refractivity contribution is 7.89. The van der Waals surface area contributed by atoms with Gasteiger partial charge in [0.25, 0.3) is 0 Å². The van der Waals surface area contributed by atoms with Crippen molar-refractivity contribution in [2.45, 2.75) is 30.3 Å². The van der Waals surface area contributed by atoms with E-state index in [0.717, 1.165) is 18.4 Å². The number of nitrogens with zero attached hydrogens (tertiary/aromatic N) is 2. The Morgan fingerprint density at radius 2 is 1.86 bits per heavy atom. The van der Waals surface area contributed by atoms with Crippen molar-refractivity contribution in [3.8, 4) is 0 Å². The van der Waals surface area contributed by atoms with E-state index in [2.05, 4.69) is 4.98 Å². The first-order valence-electron chi connectivity index (χ1n) is 6.85. The lowest BCUT2D eigenvalue weighted by Gasteiger charge is -2.22. The molecule has 0 unspecified atom stereocenters. The maximum atomic E-state index is 12.8. The van der Waals surface area contributed by atoms with Crippen LogP contribution in [0.2, 0.25) is 0 Å². The number of hydrogen-bond donors (Lipinski definition) is 1. The number of hydrogen-bond acceptors (Lipinski definition) is 4. The fourth-order valence-electron chi connectivity index (χ4n) is 2.22. The van der Waals surface area contributed by atoms with Crippen molar-refractivity contribution in [2.24, 2.45) is 0 Å². The Morgan fingerprint density at radius 1 is 1.14 bits per heavy atom. The number of rotatable bonds is 5. The largest absolute Gasteiger partial charge is 0.384 e. The van der Waals surface area contributed by atoms with E-state index in [0.29, 0.717) is 12.4 Å². The van der Waals surface area contributed by atoms with Gasteiger partial charge in [0.2, 0.25) is 10.0 Å². The van der Waals surface area contributed by atoms with E-state index in [1.165, 1.54) is 18.3 Å². The summed E-state index contributed by atoms with van der Waals surface area (Å²) in [5, 5.41) is 0. The lowest BCUT2D eigenvalue weighted by atomic mass is 10.2. The molecule has 1 aromatic carbocycles. The van der Waals surface area contributed by atoms with Gasteiger partial charge in [-0.3, -0.25) is 0 Å². The van der Waals surface area contributed by atoms with Gasteiger partial charge in [0.1, 0.15) is 10.7 Å². The summed E-state index contributed by atoms with van der Waals surface area (Å²) in [6, 6.07) is 12.7. The molecule has 0 saturated heterocycles. The van der Waals surface area contributed by atoms with Crippen molar-refractivity contribution in [2.75, 3.05) is 5.73 Å². The zero-order valence-corrected chi connectivity index (χ0v) is 12.3.